The first kappa shape index (κ1) is 17.3. The Morgan fingerprint density at radius 2 is 1.91 bits per heavy atom. The van der Waals surface area contributed by atoms with Crippen LogP contribution < -0.4 is 5.32 Å². The van der Waals surface area contributed by atoms with Gasteiger partial charge >= 0.3 is 5.97 Å². The summed E-state index contributed by atoms with van der Waals surface area (Å²) in [4.78, 5) is 42.7. The van der Waals surface area contributed by atoms with E-state index in [1.165, 1.54) is 0 Å². The highest BCUT2D eigenvalue weighted by molar-refractivity contribution is 6.36. The highest BCUT2D eigenvalue weighted by Gasteiger charge is 2.26. The summed E-state index contributed by atoms with van der Waals surface area (Å²) < 4.78 is 4.58. The van der Waals surface area contributed by atoms with Crippen LogP contribution in [0.3, 0.4) is 0 Å². The third-order valence-corrected chi connectivity index (χ3v) is 2.79. The van der Waals surface area contributed by atoms with Gasteiger partial charge in [-0.2, -0.15) is 0 Å². The normalized spacial score (nSPS) is 9.91. The SMILES string of the molecule is CCOC(=O)CNC(=O)c1cc([N+](=O)[O-])cc([N+](=O)[O-])c1Cl. The summed E-state index contributed by atoms with van der Waals surface area (Å²) in [6.45, 7) is 1.18. The second-order valence-electron chi connectivity index (χ2n) is 3.83. The molecule has 0 aromatic heterocycles. The van der Waals surface area contributed by atoms with Crippen LogP contribution in [-0.2, 0) is 9.53 Å². The van der Waals surface area contributed by atoms with Gasteiger partial charge in [-0.25, -0.2) is 0 Å². The Morgan fingerprint density at radius 1 is 1.27 bits per heavy atom. The number of rotatable bonds is 6. The van der Waals surface area contributed by atoms with Crippen LogP contribution in [0.15, 0.2) is 12.1 Å². The minimum atomic E-state index is -0.968. The first-order chi connectivity index (χ1) is 10.3. The van der Waals surface area contributed by atoms with E-state index < -0.39 is 50.2 Å². The number of nitrogens with one attached hydrogen (secondary N) is 1. The van der Waals surface area contributed by atoms with Crippen LogP contribution in [0.1, 0.15) is 17.3 Å². The molecule has 0 fully saturated rings. The van der Waals surface area contributed by atoms with Gasteiger partial charge in [-0.05, 0) is 6.92 Å². The minimum Gasteiger partial charge on any atom is -0.465 e. The number of non-ortho nitro benzene ring substituents is 1. The molecular formula is C11H10ClN3O7. The second kappa shape index (κ2) is 7.31. The molecule has 1 amide bonds. The molecule has 11 heteroatoms. The number of esters is 1. The number of hydrogen-bond acceptors (Lipinski definition) is 7. The molecule has 10 nitrogen and oxygen atoms in total. The molecule has 0 saturated heterocycles. The molecular weight excluding hydrogens is 322 g/mol. The van der Waals surface area contributed by atoms with Crippen molar-refractivity contribution in [3.63, 3.8) is 0 Å². The van der Waals surface area contributed by atoms with Crippen molar-refractivity contribution in [2.24, 2.45) is 0 Å². The van der Waals surface area contributed by atoms with E-state index in [1.807, 2.05) is 0 Å². The van der Waals surface area contributed by atoms with E-state index in [0.717, 1.165) is 6.07 Å². The standard InChI is InChI=1S/C11H10ClN3O7/c1-2-22-9(16)5-13-11(17)7-3-6(14(18)19)4-8(10(7)12)15(20)21/h3-4H,2,5H2,1H3,(H,13,17). The molecule has 0 saturated carbocycles. The molecule has 0 heterocycles. The molecule has 0 unspecified atom stereocenters. The van der Waals surface area contributed by atoms with Gasteiger partial charge in [0, 0.05) is 6.07 Å². The number of nitrogens with zero attached hydrogens (tertiary/aromatic N) is 2. The molecule has 0 aliphatic rings. The molecule has 0 bridgehead atoms. The molecule has 0 radical (unpaired) electrons. The van der Waals surface area contributed by atoms with E-state index in [-0.39, 0.29) is 6.61 Å². The van der Waals surface area contributed by atoms with Gasteiger partial charge < -0.3 is 10.1 Å². The van der Waals surface area contributed by atoms with E-state index in [4.69, 9.17) is 11.6 Å². The first-order valence-corrected chi connectivity index (χ1v) is 6.21. The molecule has 0 atom stereocenters. The largest absolute Gasteiger partial charge is 0.465 e. The van der Waals surface area contributed by atoms with Crippen LogP contribution in [0.5, 0.6) is 0 Å². The first-order valence-electron chi connectivity index (χ1n) is 5.84. The lowest BCUT2D eigenvalue weighted by molar-refractivity contribution is -0.394. The van der Waals surface area contributed by atoms with Crippen LogP contribution >= 0.6 is 11.6 Å². The molecule has 0 aliphatic heterocycles. The fourth-order valence-electron chi connectivity index (χ4n) is 1.46. The Hall–Kier alpha value is -2.75. The van der Waals surface area contributed by atoms with E-state index >= 15 is 0 Å². The van der Waals surface area contributed by atoms with Gasteiger partial charge in [-0.15, -0.1) is 0 Å². The van der Waals surface area contributed by atoms with Crippen LogP contribution in [0.2, 0.25) is 5.02 Å². The van der Waals surface area contributed by atoms with Gasteiger partial charge in [-0.3, -0.25) is 29.8 Å². The molecule has 0 aliphatic carbocycles. The zero-order valence-electron chi connectivity index (χ0n) is 11.2. The Kier molecular flexibility index (Phi) is 5.75. The fraction of sp³-hybridized carbons (Fsp3) is 0.273. The van der Waals surface area contributed by atoms with Gasteiger partial charge in [0.1, 0.15) is 11.6 Å². The number of ether oxygens (including phenoxy) is 1. The van der Waals surface area contributed by atoms with Crippen molar-refractivity contribution in [1.29, 1.82) is 0 Å². The number of benzene rings is 1. The van der Waals surface area contributed by atoms with Crippen LogP contribution in [0.4, 0.5) is 11.4 Å². The van der Waals surface area contributed by atoms with E-state index in [2.05, 4.69) is 10.1 Å². The van der Waals surface area contributed by atoms with Crippen molar-refractivity contribution in [3.05, 3.63) is 42.9 Å². The molecule has 1 rings (SSSR count). The summed E-state index contributed by atoms with van der Waals surface area (Å²) in [7, 11) is 0. The molecule has 1 aromatic carbocycles. The highest BCUT2D eigenvalue weighted by atomic mass is 35.5. The summed E-state index contributed by atoms with van der Waals surface area (Å²) in [5, 5.41) is 23.1. The van der Waals surface area contributed by atoms with Gasteiger partial charge in [0.25, 0.3) is 17.3 Å². The van der Waals surface area contributed by atoms with Crippen LogP contribution in [0, 0.1) is 20.2 Å². The summed E-state index contributed by atoms with van der Waals surface area (Å²) >= 11 is 5.71. The third kappa shape index (κ3) is 4.12. The topological polar surface area (TPSA) is 142 Å². The lowest BCUT2D eigenvalue weighted by Crippen LogP contribution is -2.31. The second-order valence-corrected chi connectivity index (χ2v) is 4.21. The predicted molar refractivity (Wildman–Crippen MR) is 73.7 cm³/mol. The van der Waals surface area contributed by atoms with Gasteiger partial charge in [-0.1, -0.05) is 11.6 Å². The Morgan fingerprint density at radius 3 is 2.41 bits per heavy atom. The highest BCUT2D eigenvalue weighted by Crippen LogP contribution is 2.32. The van der Waals surface area contributed by atoms with Crippen molar-refractivity contribution < 1.29 is 24.2 Å². The van der Waals surface area contributed by atoms with E-state index in [9.17, 15) is 29.8 Å². The number of nitro benzene ring substituents is 2. The summed E-state index contributed by atoms with van der Waals surface area (Å²) in [5.41, 5.74) is -1.93. The van der Waals surface area contributed by atoms with Crippen LogP contribution in [0.25, 0.3) is 0 Å². The van der Waals surface area contributed by atoms with Gasteiger partial charge in [0.15, 0.2) is 0 Å². The molecule has 1 aromatic rings. The predicted octanol–water partition coefficient (Wildman–Crippen LogP) is 1.45. The van der Waals surface area contributed by atoms with E-state index in [0.29, 0.717) is 6.07 Å². The zero-order chi connectivity index (χ0) is 16.9. The molecule has 0 spiro atoms. The van der Waals surface area contributed by atoms with Crippen molar-refractivity contribution in [2.75, 3.05) is 13.2 Å². The monoisotopic (exact) mass is 331 g/mol. The molecule has 1 N–H and O–H groups in total. The maximum atomic E-state index is 11.9. The molecule has 118 valence electrons. The summed E-state index contributed by atoms with van der Waals surface area (Å²) in [5.74, 6) is -1.70. The van der Waals surface area contributed by atoms with Gasteiger partial charge in [0.2, 0.25) is 0 Å². The van der Waals surface area contributed by atoms with Crippen LogP contribution in [-0.4, -0.2) is 34.9 Å². The number of nitro groups is 2. The minimum absolute atomic E-state index is 0.109. The number of halogens is 1. The Labute approximate surface area is 128 Å². The average Bonchev–Trinajstić information content (AvgIpc) is 2.44. The number of carbonyl (C=O) groups excluding carboxylic acids is 2. The van der Waals surface area contributed by atoms with Crippen molar-refractivity contribution in [2.45, 2.75) is 6.92 Å². The number of carbonyl (C=O) groups is 2. The fourth-order valence-corrected chi connectivity index (χ4v) is 1.72. The van der Waals surface area contributed by atoms with Crippen molar-refractivity contribution in [3.8, 4) is 0 Å². The average molecular weight is 332 g/mol. The van der Waals surface area contributed by atoms with Gasteiger partial charge in [0.05, 0.1) is 28.1 Å². The number of hydrogen-bond donors (Lipinski definition) is 1. The summed E-state index contributed by atoms with van der Waals surface area (Å²) in [6.07, 6.45) is 0. The summed E-state index contributed by atoms with van der Waals surface area (Å²) in [6, 6.07) is 1.43. The zero-order valence-corrected chi connectivity index (χ0v) is 12.0. The maximum absolute atomic E-state index is 11.9. The Bertz CT molecular complexity index is 647. The lowest BCUT2D eigenvalue weighted by Gasteiger charge is -2.07. The maximum Gasteiger partial charge on any atom is 0.325 e. The van der Waals surface area contributed by atoms with Crippen molar-refractivity contribution >= 4 is 34.9 Å². The lowest BCUT2D eigenvalue weighted by atomic mass is 10.1. The smallest absolute Gasteiger partial charge is 0.325 e. The quantitative estimate of drug-likeness (QED) is 0.472. The van der Waals surface area contributed by atoms with Crippen molar-refractivity contribution in [1.82, 2.24) is 5.32 Å². The number of amides is 1. The van der Waals surface area contributed by atoms with E-state index in [1.54, 1.807) is 6.92 Å². The Balaban J connectivity index is 3.11. The molecule has 22 heavy (non-hydrogen) atoms. The third-order valence-electron chi connectivity index (χ3n) is 2.39.